The van der Waals surface area contributed by atoms with Gasteiger partial charge in [0.25, 0.3) is 6.71 Å². The first kappa shape index (κ1) is 57.4. The van der Waals surface area contributed by atoms with Gasteiger partial charge in [-0.3, -0.25) is 0 Å². The summed E-state index contributed by atoms with van der Waals surface area (Å²) in [6.07, 6.45) is 0. The Morgan fingerprint density at radius 2 is 0.628 bits per heavy atom. The van der Waals surface area contributed by atoms with Crippen molar-refractivity contribution >= 4 is 57.2 Å². The monoisotopic (exact) mass is 1210 g/mol. The highest BCUT2D eigenvalue weighted by Gasteiger charge is 2.53. The lowest BCUT2D eigenvalue weighted by atomic mass is 9.33. The summed E-state index contributed by atoms with van der Waals surface area (Å²) in [5.74, 6) is 0. The molecule has 0 aromatic heterocycles. The Labute approximate surface area is 555 Å². The van der Waals surface area contributed by atoms with Crippen molar-refractivity contribution in [2.75, 3.05) is 9.80 Å². The normalized spacial score (nSPS) is 13.8. The molecule has 0 bridgehead atoms. The molecule has 13 aromatic carbocycles. The Kier molecular flexibility index (Phi) is 13.0. The maximum absolute atomic E-state index is 2.76. The maximum Gasteiger partial charge on any atom is 0.252 e. The summed E-state index contributed by atoms with van der Waals surface area (Å²) in [6, 6.07) is 112. The van der Waals surface area contributed by atoms with Crippen LogP contribution < -0.4 is 26.2 Å². The fourth-order valence-corrected chi connectivity index (χ4v) is 16.4. The van der Waals surface area contributed by atoms with E-state index in [1.54, 1.807) is 0 Å². The van der Waals surface area contributed by atoms with Crippen LogP contribution >= 0.6 is 0 Å². The van der Waals surface area contributed by atoms with Crippen molar-refractivity contribution in [1.82, 2.24) is 0 Å². The predicted molar refractivity (Wildman–Crippen MR) is 400 cm³/mol. The zero-order valence-corrected chi connectivity index (χ0v) is 55.2. The molecule has 0 radical (unpaired) electrons. The van der Waals surface area contributed by atoms with Gasteiger partial charge < -0.3 is 9.80 Å². The molecule has 0 unspecified atom stereocenters. The summed E-state index contributed by atoms with van der Waals surface area (Å²) >= 11 is 0. The van der Waals surface area contributed by atoms with Crippen molar-refractivity contribution in [2.24, 2.45) is 0 Å². The second-order valence-corrected chi connectivity index (χ2v) is 29.5. The number of nitrogens with zero attached hydrogens (tertiary/aromatic N) is 2. The van der Waals surface area contributed by atoms with E-state index in [-0.39, 0.29) is 23.0 Å². The molecular formula is C91H75BN2. The zero-order valence-electron chi connectivity index (χ0n) is 55.2. The van der Waals surface area contributed by atoms with Crippen molar-refractivity contribution in [1.29, 1.82) is 0 Å². The van der Waals surface area contributed by atoms with Crippen LogP contribution in [0.1, 0.15) is 101 Å². The molecule has 94 heavy (non-hydrogen) atoms. The van der Waals surface area contributed by atoms with Crippen LogP contribution in [0.25, 0.3) is 77.9 Å². The van der Waals surface area contributed by atoms with Gasteiger partial charge in [0.1, 0.15) is 0 Å². The molecule has 13 aromatic rings. The largest absolute Gasteiger partial charge is 0.310 e. The quantitative estimate of drug-likeness (QED) is 0.147. The molecule has 17 rings (SSSR count). The van der Waals surface area contributed by atoms with E-state index in [0.717, 1.165) is 44.9 Å². The van der Waals surface area contributed by atoms with Crippen LogP contribution in [0.4, 0.5) is 34.1 Å². The molecule has 2 aliphatic carbocycles. The van der Waals surface area contributed by atoms with Crippen LogP contribution in [-0.2, 0) is 21.7 Å². The van der Waals surface area contributed by atoms with Gasteiger partial charge in [0.2, 0.25) is 0 Å². The van der Waals surface area contributed by atoms with Crippen molar-refractivity contribution < 1.29 is 0 Å². The minimum absolute atomic E-state index is 0.147. The fourth-order valence-electron chi connectivity index (χ4n) is 16.4. The number of hydrogen-bond donors (Lipinski definition) is 0. The lowest BCUT2D eigenvalue weighted by molar-refractivity contribution is 0.590. The van der Waals surface area contributed by atoms with Gasteiger partial charge in [-0.05, 0) is 164 Å². The zero-order chi connectivity index (χ0) is 64.0. The summed E-state index contributed by atoms with van der Waals surface area (Å²) in [4.78, 5) is 5.47. The van der Waals surface area contributed by atoms with E-state index in [4.69, 9.17) is 0 Å². The molecule has 0 saturated heterocycles. The third-order valence-corrected chi connectivity index (χ3v) is 20.9. The summed E-state index contributed by atoms with van der Waals surface area (Å²) in [7, 11) is 0. The topological polar surface area (TPSA) is 6.48 Å². The minimum Gasteiger partial charge on any atom is -0.310 e. The molecule has 0 atom stereocenters. The fraction of sp³-hybridized carbons (Fsp3) is 0.143. The number of fused-ring (bicyclic) bond motifs is 14. The predicted octanol–water partition coefficient (Wildman–Crippen LogP) is 22.3. The van der Waals surface area contributed by atoms with Crippen molar-refractivity contribution in [3.05, 3.63) is 330 Å². The average Bonchev–Trinajstić information content (AvgIpc) is 1.39. The molecule has 0 amide bonds. The van der Waals surface area contributed by atoms with Crippen LogP contribution in [0.15, 0.2) is 291 Å². The Hall–Kier alpha value is -10.5. The van der Waals surface area contributed by atoms with Crippen molar-refractivity contribution in [2.45, 2.75) is 84.0 Å². The number of para-hydroxylation sites is 1. The number of benzene rings is 13. The lowest BCUT2D eigenvalue weighted by Crippen LogP contribution is -2.61. The van der Waals surface area contributed by atoms with E-state index in [2.05, 4.69) is 363 Å². The molecule has 2 heterocycles. The Balaban J connectivity index is 1.09. The SMILES string of the molecule is CC(C)(C)c1ccc2c(c1)B1c3ccc(C(C)(C)C)cc3N(c3c(-c4ccccc4)cc(C(C)(C)C)cc3-c3ccccc3)c3cc(-c4cccc5c4C4(c6ccccc6-c6ccccc64)c4ccccc4-5)cc(c31)N2c1c(-c2ccccc2)cccc1-c1ccccc1. The van der Waals surface area contributed by atoms with Gasteiger partial charge in [-0.2, -0.15) is 0 Å². The van der Waals surface area contributed by atoms with Crippen molar-refractivity contribution in [3.63, 3.8) is 0 Å². The van der Waals surface area contributed by atoms with Gasteiger partial charge in [-0.15, -0.1) is 0 Å². The van der Waals surface area contributed by atoms with E-state index in [0.29, 0.717) is 0 Å². The van der Waals surface area contributed by atoms with Gasteiger partial charge in [-0.25, -0.2) is 0 Å². The second-order valence-electron chi connectivity index (χ2n) is 29.5. The summed E-state index contributed by atoms with van der Waals surface area (Å²) in [6.45, 7) is 21.1. The molecule has 2 nitrogen and oxygen atoms in total. The molecule has 1 spiro atoms. The average molecular weight is 1210 g/mol. The Morgan fingerprint density at radius 1 is 0.255 bits per heavy atom. The highest BCUT2D eigenvalue weighted by molar-refractivity contribution is 7.00. The highest BCUT2D eigenvalue weighted by Crippen LogP contribution is 2.65. The molecule has 0 fully saturated rings. The highest BCUT2D eigenvalue weighted by atomic mass is 15.2. The molecule has 0 saturated carbocycles. The third-order valence-electron chi connectivity index (χ3n) is 20.9. The third kappa shape index (κ3) is 8.70. The molecule has 3 heteroatoms. The summed E-state index contributed by atoms with van der Waals surface area (Å²) < 4.78 is 0. The summed E-state index contributed by atoms with van der Waals surface area (Å²) in [5, 5.41) is 0. The molecule has 452 valence electrons. The van der Waals surface area contributed by atoms with Gasteiger partial charge in [0.15, 0.2) is 0 Å². The van der Waals surface area contributed by atoms with E-state index in [1.807, 2.05) is 0 Å². The first-order chi connectivity index (χ1) is 45.6. The number of anilines is 6. The van der Waals surface area contributed by atoms with E-state index in [1.165, 1.54) is 122 Å². The summed E-state index contributed by atoms with van der Waals surface area (Å²) in [5.41, 5.74) is 35.8. The first-order valence-corrected chi connectivity index (χ1v) is 33.6. The molecular weight excluding hydrogens is 1130 g/mol. The Morgan fingerprint density at radius 3 is 1.11 bits per heavy atom. The lowest BCUT2D eigenvalue weighted by Gasteiger charge is -2.46. The van der Waals surface area contributed by atoms with Crippen LogP contribution in [0.3, 0.4) is 0 Å². The van der Waals surface area contributed by atoms with Gasteiger partial charge in [0.05, 0.1) is 16.8 Å². The van der Waals surface area contributed by atoms with Crippen molar-refractivity contribution in [3.8, 4) is 77.9 Å². The van der Waals surface area contributed by atoms with Gasteiger partial charge in [-0.1, -0.05) is 317 Å². The molecule has 2 aliphatic heterocycles. The molecule has 4 aliphatic rings. The minimum atomic E-state index is -0.612. The van der Waals surface area contributed by atoms with E-state index >= 15 is 0 Å². The van der Waals surface area contributed by atoms with Crippen LogP contribution in [-0.4, -0.2) is 6.71 Å². The van der Waals surface area contributed by atoms with Gasteiger partial charge >= 0.3 is 0 Å². The second kappa shape index (κ2) is 21.3. The Bertz CT molecular complexity index is 5010. The smallest absolute Gasteiger partial charge is 0.252 e. The van der Waals surface area contributed by atoms with E-state index in [9.17, 15) is 0 Å². The first-order valence-electron chi connectivity index (χ1n) is 33.6. The number of hydrogen-bond acceptors (Lipinski definition) is 2. The molecule has 0 N–H and O–H groups in total. The maximum atomic E-state index is 2.76. The number of rotatable bonds is 7. The van der Waals surface area contributed by atoms with Crippen LogP contribution in [0.2, 0.25) is 0 Å². The van der Waals surface area contributed by atoms with Crippen LogP contribution in [0.5, 0.6) is 0 Å². The standard InChI is InChI=1S/C91H75BN2/c1-88(2,3)63-49-51-80-79(56-63)92-78-50-48-64(89(4,5)6)57-81(78)94(87-73(60-34-18-12-19-35-60)54-65(90(7,8)9)55-74(87)61-36-20-13-21-37-61)83-53-62(52-82(85(83)92)93(80)86-67(58-30-14-10-15-31-58)42-29-43-68(86)59-32-16-11-17-33-59)66-41-28-44-72-71-40-24-27-47-77(71)91(84(66)72)75-45-25-22-38-69(75)70-39-23-26-46-76(70)91/h10-57H,1-9H3. The van der Waals surface area contributed by atoms with E-state index < -0.39 is 5.41 Å². The van der Waals surface area contributed by atoms with Gasteiger partial charge in [0, 0.05) is 45.0 Å². The van der Waals surface area contributed by atoms with Crippen LogP contribution in [0, 0.1) is 0 Å².